The number of aryl methyl sites for hydroxylation is 2. The molecule has 0 atom stereocenters. The zero-order valence-electron chi connectivity index (χ0n) is 21.7. The number of nitrogens with one attached hydrogen (secondary N) is 2. The molecule has 5 rings (SSSR count). The first-order valence-corrected chi connectivity index (χ1v) is 13.9. The van der Waals surface area contributed by atoms with Gasteiger partial charge in [0, 0.05) is 23.5 Å². The van der Waals surface area contributed by atoms with Gasteiger partial charge in [-0.2, -0.15) is 0 Å². The van der Waals surface area contributed by atoms with E-state index in [0.717, 1.165) is 0 Å². The van der Waals surface area contributed by atoms with Crippen LogP contribution in [0.25, 0.3) is 22.2 Å². The first kappa shape index (κ1) is 26.4. The van der Waals surface area contributed by atoms with E-state index < -0.39 is 21.4 Å². The van der Waals surface area contributed by atoms with Gasteiger partial charge in [0.15, 0.2) is 11.4 Å². The lowest BCUT2D eigenvalue weighted by atomic mass is 9.83. The number of halogens is 1. The second-order valence-corrected chi connectivity index (χ2v) is 11.5. The smallest absolute Gasteiger partial charge is 0.235 e. The highest BCUT2D eigenvalue weighted by Crippen LogP contribution is 2.43. The standard InChI is InChI=1S/C27H27FN6O4S/c1-15(2)14-39(36,37)34-26-31-24-19(13-18(23(28)25(24)32-26)22-16(3)33-38-17(22)4)27(35,20-9-5-7-11-29-20)21-10-6-8-12-30-21/h5-13,15,35H,14H2,1-4H3,(H2,31,32,34). The van der Waals surface area contributed by atoms with Gasteiger partial charge in [-0.05, 0) is 50.1 Å². The number of hydrogen-bond donors (Lipinski definition) is 3. The molecule has 0 aliphatic rings. The van der Waals surface area contributed by atoms with E-state index in [4.69, 9.17) is 4.52 Å². The number of fused-ring (bicyclic) bond motifs is 1. The van der Waals surface area contributed by atoms with Gasteiger partial charge in [0.05, 0.1) is 28.4 Å². The number of sulfonamides is 1. The largest absolute Gasteiger partial charge is 0.373 e. The van der Waals surface area contributed by atoms with Crippen LogP contribution in [-0.4, -0.2) is 44.4 Å². The number of aliphatic hydroxyl groups is 1. The average Bonchev–Trinajstić information content (AvgIpc) is 3.46. The predicted octanol–water partition coefficient (Wildman–Crippen LogP) is 4.45. The molecule has 10 nitrogen and oxygen atoms in total. The molecule has 0 aliphatic heterocycles. The number of rotatable bonds is 8. The summed E-state index contributed by atoms with van der Waals surface area (Å²) in [5.74, 6) is -0.840. The Hall–Kier alpha value is -4.16. The second kappa shape index (κ2) is 9.86. The first-order chi connectivity index (χ1) is 18.5. The number of H-pyrrole nitrogens is 1. The summed E-state index contributed by atoms with van der Waals surface area (Å²) in [6.45, 7) is 6.87. The molecular weight excluding hydrogens is 523 g/mol. The Labute approximate surface area is 224 Å². The molecule has 202 valence electrons. The molecule has 4 heterocycles. The van der Waals surface area contributed by atoms with Crippen LogP contribution in [0.15, 0.2) is 59.4 Å². The summed E-state index contributed by atoms with van der Waals surface area (Å²) in [4.78, 5) is 16.0. The average molecular weight is 551 g/mol. The molecule has 5 aromatic rings. The fraction of sp³-hybridized carbons (Fsp3) is 0.259. The van der Waals surface area contributed by atoms with Gasteiger partial charge in [-0.1, -0.05) is 31.1 Å². The molecule has 0 spiro atoms. The molecule has 0 bridgehead atoms. The van der Waals surface area contributed by atoms with Crippen molar-refractivity contribution in [3.05, 3.63) is 89.1 Å². The van der Waals surface area contributed by atoms with E-state index in [1.54, 1.807) is 64.1 Å². The Morgan fingerprint density at radius 1 is 1.10 bits per heavy atom. The Morgan fingerprint density at radius 3 is 2.26 bits per heavy atom. The third kappa shape index (κ3) is 4.77. The van der Waals surface area contributed by atoms with Gasteiger partial charge in [-0.25, -0.2) is 17.8 Å². The zero-order chi connectivity index (χ0) is 27.9. The van der Waals surface area contributed by atoms with E-state index in [1.165, 1.54) is 18.5 Å². The maximum atomic E-state index is 16.2. The number of benzene rings is 1. The molecule has 0 saturated heterocycles. The van der Waals surface area contributed by atoms with Crippen molar-refractivity contribution in [2.45, 2.75) is 33.3 Å². The van der Waals surface area contributed by atoms with E-state index >= 15 is 4.39 Å². The second-order valence-electron chi connectivity index (χ2n) is 9.71. The Bertz CT molecular complexity index is 1690. The Balaban J connectivity index is 1.86. The normalized spacial score (nSPS) is 12.4. The topological polar surface area (TPSA) is 147 Å². The number of pyridine rings is 2. The highest BCUT2D eigenvalue weighted by atomic mass is 32.2. The van der Waals surface area contributed by atoms with Gasteiger partial charge in [0.25, 0.3) is 0 Å². The summed E-state index contributed by atoms with van der Waals surface area (Å²) in [6.07, 6.45) is 3.05. The van der Waals surface area contributed by atoms with E-state index in [0.29, 0.717) is 17.0 Å². The van der Waals surface area contributed by atoms with Crippen LogP contribution in [0.3, 0.4) is 0 Å². The van der Waals surface area contributed by atoms with Gasteiger partial charge in [-0.3, -0.25) is 14.7 Å². The summed E-state index contributed by atoms with van der Waals surface area (Å²) in [7, 11) is -3.79. The molecule has 0 amide bonds. The molecule has 0 radical (unpaired) electrons. The van der Waals surface area contributed by atoms with E-state index in [2.05, 4.69) is 29.8 Å². The minimum absolute atomic E-state index is 0.00376. The molecule has 0 unspecified atom stereocenters. The lowest BCUT2D eigenvalue weighted by molar-refractivity contribution is 0.117. The summed E-state index contributed by atoms with van der Waals surface area (Å²) in [6, 6.07) is 11.5. The lowest BCUT2D eigenvalue weighted by Gasteiger charge is -2.28. The number of aromatic nitrogens is 5. The Morgan fingerprint density at radius 2 is 1.74 bits per heavy atom. The van der Waals surface area contributed by atoms with Crippen molar-refractivity contribution in [3.63, 3.8) is 0 Å². The molecule has 3 N–H and O–H groups in total. The van der Waals surface area contributed by atoms with Crippen molar-refractivity contribution in [1.29, 1.82) is 0 Å². The van der Waals surface area contributed by atoms with E-state index in [-0.39, 0.29) is 51.2 Å². The fourth-order valence-electron chi connectivity index (χ4n) is 4.70. The molecule has 0 saturated carbocycles. The van der Waals surface area contributed by atoms with Gasteiger partial charge >= 0.3 is 0 Å². The predicted molar refractivity (Wildman–Crippen MR) is 144 cm³/mol. The van der Waals surface area contributed by atoms with Crippen LogP contribution in [0, 0.1) is 25.6 Å². The lowest BCUT2D eigenvalue weighted by Crippen LogP contribution is -2.31. The zero-order valence-corrected chi connectivity index (χ0v) is 22.5. The third-order valence-corrected chi connectivity index (χ3v) is 7.88. The van der Waals surface area contributed by atoms with Crippen molar-refractivity contribution in [2.24, 2.45) is 5.92 Å². The molecule has 12 heteroatoms. The maximum Gasteiger partial charge on any atom is 0.235 e. The number of anilines is 1. The molecule has 39 heavy (non-hydrogen) atoms. The van der Waals surface area contributed by atoms with Crippen molar-refractivity contribution in [1.82, 2.24) is 25.1 Å². The summed E-state index contributed by atoms with van der Waals surface area (Å²) < 4.78 is 49.3. The van der Waals surface area contributed by atoms with Crippen LogP contribution in [0.2, 0.25) is 0 Å². The molecule has 0 fully saturated rings. The SMILES string of the molecule is Cc1noc(C)c1-c1cc(C(O)(c2ccccn2)c2ccccn2)c2nc(NS(=O)(=O)CC(C)C)[nH]c2c1F. The van der Waals surface area contributed by atoms with E-state index in [1.807, 2.05) is 0 Å². The van der Waals surface area contributed by atoms with Gasteiger partial charge in [0.2, 0.25) is 16.0 Å². The molecule has 4 aromatic heterocycles. The Kier molecular flexibility index (Phi) is 6.69. The monoisotopic (exact) mass is 550 g/mol. The number of imidazole rings is 1. The van der Waals surface area contributed by atoms with Crippen LogP contribution in [0.5, 0.6) is 0 Å². The minimum atomic E-state index is -3.79. The fourth-order valence-corrected chi connectivity index (χ4v) is 6.05. The van der Waals surface area contributed by atoms with Crippen LogP contribution in [0.1, 0.15) is 42.3 Å². The van der Waals surface area contributed by atoms with Crippen LogP contribution < -0.4 is 4.72 Å². The summed E-state index contributed by atoms with van der Waals surface area (Å²) in [5.41, 5.74) is -0.622. The number of aromatic amines is 1. The van der Waals surface area contributed by atoms with Crippen molar-refractivity contribution < 1.29 is 22.4 Å². The maximum absolute atomic E-state index is 16.2. The molecular formula is C27H27FN6O4S. The minimum Gasteiger partial charge on any atom is -0.373 e. The van der Waals surface area contributed by atoms with Gasteiger partial charge in [0.1, 0.15) is 16.8 Å². The number of nitrogens with zero attached hydrogens (tertiary/aromatic N) is 4. The van der Waals surface area contributed by atoms with Crippen LogP contribution in [-0.2, 0) is 15.6 Å². The highest BCUT2D eigenvalue weighted by molar-refractivity contribution is 7.92. The van der Waals surface area contributed by atoms with Crippen molar-refractivity contribution in [2.75, 3.05) is 10.5 Å². The number of hydrogen-bond acceptors (Lipinski definition) is 8. The molecule has 1 aromatic carbocycles. The van der Waals surface area contributed by atoms with Crippen LogP contribution in [0.4, 0.5) is 10.3 Å². The molecule has 0 aliphatic carbocycles. The first-order valence-electron chi connectivity index (χ1n) is 12.2. The van der Waals surface area contributed by atoms with Crippen molar-refractivity contribution in [3.8, 4) is 11.1 Å². The summed E-state index contributed by atoms with van der Waals surface area (Å²) in [5, 5.41) is 16.4. The summed E-state index contributed by atoms with van der Waals surface area (Å²) >= 11 is 0. The van der Waals surface area contributed by atoms with Crippen LogP contribution >= 0.6 is 0 Å². The van der Waals surface area contributed by atoms with Crippen molar-refractivity contribution >= 4 is 27.0 Å². The highest BCUT2D eigenvalue weighted by Gasteiger charge is 2.40. The quantitative estimate of drug-likeness (QED) is 0.257. The van der Waals surface area contributed by atoms with Gasteiger partial charge < -0.3 is 14.6 Å². The van der Waals surface area contributed by atoms with E-state index in [9.17, 15) is 13.5 Å². The van der Waals surface area contributed by atoms with Gasteiger partial charge in [-0.15, -0.1) is 0 Å². The third-order valence-electron chi connectivity index (χ3n) is 6.27.